The number of benzene rings is 2. The molecule has 31 heavy (non-hydrogen) atoms. The van der Waals surface area contributed by atoms with Crippen LogP contribution in [0.25, 0.3) is 0 Å². The SMILES string of the molecule is COC(=O)c1ccccc1NC(=O)COc1ccccc1C(=O)Nc1ccc(Cl)cn1. The van der Waals surface area contributed by atoms with Crippen molar-refractivity contribution in [1.82, 2.24) is 4.98 Å². The molecule has 2 amide bonds. The fraction of sp³-hybridized carbons (Fsp3) is 0.0909. The lowest BCUT2D eigenvalue weighted by Gasteiger charge is -2.13. The molecule has 0 saturated heterocycles. The van der Waals surface area contributed by atoms with Crippen molar-refractivity contribution < 1.29 is 23.9 Å². The second-order valence-electron chi connectivity index (χ2n) is 6.19. The molecule has 2 N–H and O–H groups in total. The van der Waals surface area contributed by atoms with E-state index >= 15 is 0 Å². The van der Waals surface area contributed by atoms with Gasteiger partial charge in [-0.2, -0.15) is 0 Å². The van der Waals surface area contributed by atoms with E-state index in [9.17, 15) is 14.4 Å². The average Bonchev–Trinajstić information content (AvgIpc) is 2.79. The normalized spacial score (nSPS) is 10.1. The first kappa shape index (κ1) is 21.8. The van der Waals surface area contributed by atoms with E-state index in [1.165, 1.54) is 19.4 Å². The second-order valence-corrected chi connectivity index (χ2v) is 6.62. The monoisotopic (exact) mass is 439 g/mol. The van der Waals surface area contributed by atoms with Gasteiger partial charge in [-0.3, -0.25) is 9.59 Å². The summed E-state index contributed by atoms with van der Waals surface area (Å²) < 4.78 is 10.3. The Kier molecular flexibility index (Phi) is 7.18. The van der Waals surface area contributed by atoms with Crippen LogP contribution < -0.4 is 15.4 Å². The fourth-order valence-corrected chi connectivity index (χ4v) is 2.73. The number of amides is 2. The number of hydrogen-bond acceptors (Lipinski definition) is 6. The average molecular weight is 440 g/mol. The first-order valence-electron chi connectivity index (χ1n) is 9.10. The number of nitrogens with one attached hydrogen (secondary N) is 2. The highest BCUT2D eigenvalue weighted by atomic mass is 35.5. The Morgan fingerprint density at radius 3 is 2.35 bits per heavy atom. The molecule has 0 atom stereocenters. The molecule has 1 aromatic heterocycles. The minimum Gasteiger partial charge on any atom is -0.483 e. The zero-order valence-electron chi connectivity index (χ0n) is 16.4. The van der Waals surface area contributed by atoms with Crippen LogP contribution in [0, 0.1) is 0 Å². The summed E-state index contributed by atoms with van der Waals surface area (Å²) >= 11 is 5.80. The van der Waals surface area contributed by atoms with Gasteiger partial charge in [0, 0.05) is 6.20 Å². The molecule has 0 aliphatic heterocycles. The Balaban J connectivity index is 1.66. The Hall–Kier alpha value is -3.91. The van der Waals surface area contributed by atoms with E-state index in [0.29, 0.717) is 16.5 Å². The smallest absolute Gasteiger partial charge is 0.339 e. The molecule has 0 spiro atoms. The Labute approximate surface area is 183 Å². The number of anilines is 2. The third kappa shape index (κ3) is 5.80. The van der Waals surface area contributed by atoms with E-state index in [1.807, 2.05) is 0 Å². The van der Waals surface area contributed by atoms with E-state index in [-0.39, 0.29) is 23.5 Å². The summed E-state index contributed by atoms with van der Waals surface area (Å²) in [6.45, 7) is -0.376. The number of methoxy groups -OCH3 is 1. The van der Waals surface area contributed by atoms with Crippen LogP contribution >= 0.6 is 11.6 Å². The first-order valence-corrected chi connectivity index (χ1v) is 9.47. The molecule has 0 radical (unpaired) electrons. The van der Waals surface area contributed by atoms with Gasteiger partial charge in [-0.05, 0) is 36.4 Å². The lowest BCUT2D eigenvalue weighted by Crippen LogP contribution is -2.23. The number of halogens is 1. The number of ether oxygens (including phenoxy) is 2. The van der Waals surface area contributed by atoms with Gasteiger partial charge in [0.25, 0.3) is 11.8 Å². The van der Waals surface area contributed by atoms with Gasteiger partial charge < -0.3 is 20.1 Å². The van der Waals surface area contributed by atoms with Crippen molar-refractivity contribution in [2.75, 3.05) is 24.4 Å². The summed E-state index contributed by atoms with van der Waals surface area (Å²) in [5.41, 5.74) is 0.735. The number of carbonyl (C=O) groups excluding carboxylic acids is 3. The molecule has 0 aliphatic rings. The van der Waals surface area contributed by atoms with Gasteiger partial charge in [0.1, 0.15) is 11.6 Å². The Morgan fingerprint density at radius 2 is 1.65 bits per heavy atom. The molecule has 158 valence electrons. The zero-order valence-corrected chi connectivity index (χ0v) is 17.2. The van der Waals surface area contributed by atoms with Crippen LogP contribution in [0.1, 0.15) is 20.7 Å². The van der Waals surface area contributed by atoms with Gasteiger partial charge in [-0.15, -0.1) is 0 Å². The predicted octanol–water partition coefficient (Wildman–Crippen LogP) is 3.79. The largest absolute Gasteiger partial charge is 0.483 e. The predicted molar refractivity (Wildman–Crippen MR) is 116 cm³/mol. The van der Waals surface area contributed by atoms with Crippen molar-refractivity contribution in [1.29, 1.82) is 0 Å². The number of carbonyl (C=O) groups is 3. The molecule has 8 nitrogen and oxygen atoms in total. The lowest BCUT2D eigenvalue weighted by atomic mass is 10.2. The van der Waals surface area contributed by atoms with Crippen LogP contribution in [-0.4, -0.2) is 36.5 Å². The first-order chi connectivity index (χ1) is 15.0. The van der Waals surface area contributed by atoms with E-state index in [1.54, 1.807) is 54.6 Å². The van der Waals surface area contributed by atoms with Crippen LogP contribution in [0.2, 0.25) is 5.02 Å². The minimum atomic E-state index is -0.574. The van der Waals surface area contributed by atoms with Crippen molar-refractivity contribution in [2.24, 2.45) is 0 Å². The summed E-state index contributed by atoms with van der Waals surface area (Å²) in [4.78, 5) is 40.8. The molecule has 3 aromatic rings. The Bertz CT molecular complexity index is 1100. The third-order valence-electron chi connectivity index (χ3n) is 4.07. The molecule has 2 aromatic carbocycles. The highest BCUT2D eigenvalue weighted by Crippen LogP contribution is 2.20. The molecule has 9 heteroatoms. The topological polar surface area (TPSA) is 107 Å². The molecule has 0 unspecified atom stereocenters. The number of nitrogens with zero attached hydrogens (tertiary/aromatic N) is 1. The maximum atomic E-state index is 12.6. The van der Waals surface area contributed by atoms with Crippen LogP contribution in [0.5, 0.6) is 5.75 Å². The molecule has 0 fully saturated rings. The number of pyridine rings is 1. The van der Waals surface area contributed by atoms with Gasteiger partial charge in [-0.25, -0.2) is 9.78 Å². The van der Waals surface area contributed by atoms with E-state index in [4.69, 9.17) is 21.1 Å². The quantitative estimate of drug-likeness (QED) is 0.542. The molecular formula is C22H18ClN3O5. The maximum absolute atomic E-state index is 12.6. The van der Waals surface area contributed by atoms with E-state index < -0.39 is 17.8 Å². The number of hydrogen-bond donors (Lipinski definition) is 2. The van der Waals surface area contributed by atoms with E-state index in [2.05, 4.69) is 15.6 Å². The third-order valence-corrected chi connectivity index (χ3v) is 4.29. The van der Waals surface area contributed by atoms with Crippen LogP contribution in [-0.2, 0) is 9.53 Å². The highest BCUT2D eigenvalue weighted by molar-refractivity contribution is 6.30. The van der Waals surface area contributed by atoms with Gasteiger partial charge in [0.15, 0.2) is 6.61 Å². The number of esters is 1. The standard InChI is InChI=1S/C22H18ClN3O5/c1-30-22(29)15-6-2-4-8-17(15)25-20(27)13-31-18-9-5-3-7-16(18)21(28)26-19-11-10-14(23)12-24-19/h2-12H,13H2,1H3,(H,25,27)(H,24,26,28). The highest BCUT2D eigenvalue weighted by Gasteiger charge is 2.16. The molecule has 3 rings (SSSR count). The van der Waals surface area contributed by atoms with Crippen molar-refractivity contribution in [3.05, 3.63) is 83.0 Å². The van der Waals surface area contributed by atoms with Crippen molar-refractivity contribution >= 4 is 40.9 Å². The number of rotatable bonds is 7. The molecule has 0 aliphatic carbocycles. The summed E-state index contributed by atoms with van der Waals surface area (Å²) in [5.74, 6) is -1.01. The van der Waals surface area contributed by atoms with Gasteiger partial charge in [-0.1, -0.05) is 35.9 Å². The van der Waals surface area contributed by atoms with Crippen molar-refractivity contribution in [3.8, 4) is 5.75 Å². The molecular weight excluding hydrogens is 422 g/mol. The maximum Gasteiger partial charge on any atom is 0.339 e. The van der Waals surface area contributed by atoms with E-state index in [0.717, 1.165) is 0 Å². The number of para-hydroxylation sites is 2. The Morgan fingerprint density at radius 1 is 0.935 bits per heavy atom. The zero-order chi connectivity index (χ0) is 22.2. The summed E-state index contributed by atoms with van der Waals surface area (Å²) in [5, 5.41) is 5.69. The minimum absolute atomic E-state index is 0.213. The lowest BCUT2D eigenvalue weighted by molar-refractivity contribution is -0.118. The van der Waals surface area contributed by atoms with Crippen molar-refractivity contribution in [2.45, 2.75) is 0 Å². The van der Waals surface area contributed by atoms with Crippen LogP contribution in [0.15, 0.2) is 66.9 Å². The fourth-order valence-electron chi connectivity index (χ4n) is 2.62. The van der Waals surface area contributed by atoms with Gasteiger partial charge >= 0.3 is 5.97 Å². The summed E-state index contributed by atoms with van der Waals surface area (Å²) in [6, 6.07) is 16.1. The van der Waals surface area contributed by atoms with Gasteiger partial charge in [0.2, 0.25) is 0 Å². The molecule has 0 bridgehead atoms. The molecule has 1 heterocycles. The van der Waals surface area contributed by atoms with Crippen LogP contribution in [0.3, 0.4) is 0 Å². The molecule has 0 saturated carbocycles. The van der Waals surface area contributed by atoms with Crippen molar-refractivity contribution in [3.63, 3.8) is 0 Å². The summed E-state index contributed by atoms with van der Waals surface area (Å²) in [6.07, 6.45) is 1.41. The second kappa shape index (κ2) is 10.2. The number of aromatic nitrogens is 1. The van der Waals surface area contributed by atoms with Crippen LogP contribution in [0.4, 0.5) is 11.5 Å². The summed E-state index contributed by atoms with van der Waals surface area (Å²) in [7, 11) is 1.26. The van der Waals surface area contributed by atoms with Gasteiger partial charge in [0.05, 0.1) is 28.9 Å².